The van der Waals surface area contributed by atoms with E-state index in [-0.39, 0.29) is 0 Å². The SMILES string of the molecule is CCC(C)N(CCc1ccccc1)C1CCNCC1. The van der Waals surface area contributed by atoms with E-state index in [0.29, 0.717) is 6.04 Å². The third-order valence-electron chi connectivity index (χ3n) is 4.44. The fraction of sp³-hybridized carbons (Fsp3) is 0.647. The van der Waals surface area contributed by atoms with E-state index in [4.69, 9.17) is 0 Å². The quantitative estimate of drug-likeness (QED) is 0.845. The van der Waals surface area contributed by atoms with E-state index in [2.05, 4.69) is 54.4 Å². The molecule has 19 heavy (non-hydrogen) atoms. The molecule has 0 aliphatic carbocycles. The average Bonchev–Trinajstić information content (AvgIpc) is 2.49. The molecule has 1 heterocycles. The lowest BCUT2D eigenvalue weighted by Crippen LogP contribution is -2.47. The van der Waals surface area contributed by atoms with E-state index in [9.17, 15) is 0 Å². The summed E-state index contributed by atoms with van der Waals surface area (Å²) in [6.07, 6.45) is 5.03. The van der Waals surface area contributed by atoms with Gasteiger partial charge in [0.25, 0.3) is 0 Å². The second-order valence-corrected chi connectivity index (χ2v) is 5.71. The molecule has 1 unspecified atom stereocenters. The van der Waals surface area contributed by atoms with Crippen LogP contribution in [0.2, 0.25) is 0 Å². The minimum Gasteiger partial charge on any atom is -0.317 e. The summed E-state index contributed by atoms with van der Waals surface area (Å²) in [5.74, 6) is 0. The lowest BCUT2D eigenvalue weighted by atomic mass is 10.0. The lowest BCUT2D eigenvalue weighted by Gasteiger charge is -2.38. The van der Waals surface area contributed by atoms with Crippen molar-refractivity contribution in [3.05, 3.63) is 35.9 Å². The van der Waals surface area contributed by atoms with Gasteiger partial charge in [-0.15, -0.1) is 0 Å². The molecule has 1 saturated heterocycles. The number of nitrogens with zero attached hydrogens (tertiary/aromatic N) is 1. The van der Waals surface area contributed by atoms with Gasteiger partial charge in [0, 0.05) is 18.6 Å². The van der Waals surface area contributed by atoms with Crippen LogP contribution in [0.4, 0.5) is 0 Å². The molecule has 1 atom stereocenters. The number of benzene rings is 1. The van der Waals surface area contributed by atoms with Crippen molar-refractivity contribution in [2.75, 3.05) is 19.6 Å². The number of rotatable bonds is 6. The third kappa shape index (κ3) is 4.32. The second kappa shape index (κ2) is 7.66. The van der Waals surface area contributed by atoms with Crippen molar-refractivity contribution in [1.29, 1.82) is 0 Å². The Labute approximate surface area is 118 Å². The molecule has 0 aromatic heterocycles. The summed E-state index contributed by atoms with van der Waals surface area (Å²) >= 11 is 0. The van der Waals surface area contributed by atoms with Gasteiger partial charge in [0.2, 0.25) is 0 Å². The summed E-state index contributed by atoms with van der Waals surface area (Å²) in [6.45, 7) is 8.25. The fourth-order valence-corrected chi connectivity index (χ4v) is 3.04. The zero-order valence-corrected chi connectivity index (χ0v) is 12.4. The molecular weight excluding hydrogens is 232 g/mol. The maximum absolute atomic E-state index is 3.47. The van der Waals surface area contributed by atoms with Gasteiger partial charge in [0.05, 0.1) is 0 Å². The average molecular weight is 260 g/mol. The summed E-state index contributed by atoms with van der Waals surface area (Å²) < 4.78 is 0. The third-order valence-corrected chi connectivity index (χ3v) is 4.44. The Morgan fingerprint density at radius 1 is 1.21 bits per heavy atom. The molecule has 0 bridgehead atoms. The minimum absolute atomic E-state index is 0.701. The van der Waals surface area contributed by atoms with Crippen LogP contribution < -0.4 is 5.32 Å². The van der Waals surface area contributed by atoms with Crippen molar-refractivity contribution in [2.45, 2.75) is 51.6 Å². The van der Waals surface area contributed by atoms with Crippen LogP contribution in [0.25, 0.3) is 0 Å². The van der Waals surface area contributed by atoms with Crippen molar-refractivity contribution < 1.29 is 0 Å². The Morgan fingerprint density at radius 2 is 1.89 bits per heavy atom. The molecule has 1 fully saturated rings. The highest BCUT2D eigenvalue weighted by Gasteiger charge is 2.23. The van der Waals surface area contributed by atoms with E-state index in [1.807, 2.05) is 0 Å². The van der Waals surface area contributed by atoms with Crippen LogP contribution in [0.15, 0.2) is 30.3 Å². The standard InChI is InChI=1S/C17H28N2/c1-3-15(2)19(17-9-12-18-13-10-17)14-11-16-7-5-4-6-8-16/h4-8,15,17-18H,3,9-14H2,1-2H3. The second-order valence-electron chi connectivity index (χ2n) is 5.71. The Bertz CT molecular complexity index is 344. The van der Waals surface area contributed by atoms with Crippen molar-refractivity contribution in [1.82, 2.24) is 10.2 Å². The van der Waals surface area contributed by atoms with Crippen LogP contribution in [0.5, 0.6) is 0 Å². The summed E-state index contributed by atoms with van der Waals surface area (Å²) in [6, 6.07) is 12.4. The van der Waals surface area contributed by atoms with Crippen LogP contribution in [0, 0.1) is 0 Å². The van der Waals surface area contributed by atoms with Crippen molar-refractivity contribution >= 4 is 0 Å². The molecule has 1 aromatic rings. The van der Waals surface area contributed by atoms with Crippen LogP contribution in [0.1, 0.15) is 38.7 Å². The molecule has 2 nitrogen and oxygen atoms in total. The highest BCUT2D eigenvalue weighted by Crippen LogP contribution is 2.17. The fourth-order valence-electron chi connectivity index (χ4n) is 3.04. The molecule has 1 aliphatic rings. The Hall–Kier alpha value is -0.860. The van der Waals surface area contributed by atoms with Crippen molar-refractivity contribution in [2.24, 2.45) is 0 Å². The van der Waals surface area contributed by atoms with Gasteiger partial charge in [-0.3, -0.25) is 4.90 Å². The van der Waals surface area contributed by atoms with Gasteiger partial charge in [-0.05, 0) is 51.3 Å². The maximum atomic E-state index is 3.47. The largest absolute Gasteiger partial charge is 0.317 e. The summed E-state index contributed by atoms with van der Waals surface area (Å²) in [4.78, 5) is 2.74. The van der Waals surface area contributed by atoms with Gasteiger partial charge in [-0.1, -0.05) is 37.3 Å². The maximum Gasteiger partial charge on any atom is 0.0122 e. The van der Waals surface area contributed by atoms with E-state index in [0.717, 1.165) is 6.04 Å². The van der Waals surface area contributed by atoms with Crippen molar-refractivity contribution in [3.63, 3.8) is 0 Å². The number of hydrogen-bond donors (Lipinski definition) is 1. The molecule has 0 radical (unpaired) electrons. The molecule has 0 amide bonds. The lowest BCUT2D eigenvalue weighted by molar-refractivity contribution is 0.116. The molecule has 1 N–H and O–H groups in total. The number of hydrogen-bond acceptors (Lipinski definition) is 2. The first kappa shape index (κ1) is 14.5. The van der Waals surface area contributed by atoms with Crippen LogP contribution in [-0.4, -0.2) is 36.6 Å². The first-order valence-electron chi connectivity index (χ1n) is 7.81. The van der Waals surface area contributed by atoms with Gasteiger partial charge < -0.3 is 5.32 Å². The molecule has 1 aliphatic heterocycles. The van der Waals surface area contributed by atoms with Crippen molar-refractivity contribution in [3.8, 4) is 0 Å². The highest BCUT2D eigenvalue weighted by molar-refractivity contribution is 5.15. The predicted octanol–water partition coefficient (Wildman–Crippen LogP) is 3.08. The Balaban J connectivity index is 1.93. The molecule has 0 saturated carbocycles. The van der Waals surface area contributed by atoms with Gasteiger partial charge >= 0.3 is 0 Å². The van der Waals surface area contributed by atoms with Gasteiger partial charge in [0.15, 0.2) is 0 Å². The normalized spacial score (nSPS) is 18.7. The number of piperidine rings is 1. The van der Waals surface area contributed by atoms with Crippen LogP contribution in [0.3, 0.4) is 0 Å². The Kier molecular flexibility index (Phi) is 5.87. The van der Waals surface area contributed by atoms with Gasteiger partial charge in [-0.25, -0.2) is 0 Å². The summed E-state index contributed by atoms with van der Waals surface area (Å²) in [5.41, 5.74) is 1.46. The molecule has 2 heteroatoms. The smallest absolute Gasteiger partial charge is 0.0122 e. The highest BCUT2D eigenvalue weighted by atomic mass is 15.2. The van der Waals surface area contributed by atoms with E-state index in [1.54, 1.807) is 0 Å². The van der Waals surface area contributed by atoms with E-state index in [1.165, 1.54) is 50.9 Å². The van der Waals surface area contributed by atoms with Crippen LogP contribution >= 0.6 is 0 Å². The summed E-state index contributed by atoms with van der Waals surface area (Å²) in [5, 5.41) is 3.47. The first-order chi connectivity index (χ1) is 9.31. The zero-order valence-electron chi connectivity index (χ0n) is 12.4. The van der Waals surface area contributed by atoms with Gasteiger partial charge in [-0.2, -0.15) is 0 Å². The molecular formula is C17H28N2. The molecule has 2 rings (SSSR count). The van der Waals surface area contributed by atoms with E-state index >= 15 is 0 Å². The number of nitrogens with one attached hydrogen (secondary N) is 1. The molecule has 1 aromatic carbocycles. The molecule has 0 spiro atoms. The van der Waals surface area contributed by atoms with Crippen LogP contribution in [-0.2, 0) is 6.42 Å². The summed E-state index contributed by atoms with van der Waals surface area (Å²) in [7, 11) is 0. The first-order valence-corrected chi connectivity index (χ1v) is 7.81. The zero-order chi connectivity index (χ0) is 13.5. The van der Waals surface area contributed by atoms with Gasteiger partial charge in [0.1, 0.15) is 0 Å². The molecule has 106 valence electrons. The van der Waals surface area contributed by atoms with E-state index < -0.39 is 0 Å². The minimum atomic E-state index is 0.701. The monoisotopic (exact) mass is 260 g/mol. The Morgan fingerprint density at radius 3 is 2.53 bits per heavy atom. The topological polar surface area (TPSA) is 15.3 Å². The predicted molar refractivity (Wildman–Crippen MR) is 82.5 cm³/mol.